The first-order valence-corrected chi connectivity index (χ1v) is 5.90. The van der Waals surface area contributed by atoms with Crippen LogP contribution in [0.5, 0.6) is 5.75 Å². The molecule has 90 valence electrons. The second kappa shape index (κ2) is 5.53. The second-order valence-electron chi connectivity index (χ2n) is 4.14. The first-order chi connectivity index (χ1) is 8.29. The van der Waals surface area contributed by atoms with Crippen LogP contribution in [0.4, 0.5) is 0 Å². The Morgan fingerprint density at radius 1 is 1.35 bits per heavy atom. The van der Waals surface area contributed by atoms with Crippen LogP contribution < -0.4 is 4.74 Å². The highest BCUT2D eigenvalue weighted by atomic mass is 16.5. The van der Waals surface area contributed by atoms with Crippen LogP contribution in [-0.2, 0) is 4.79 Å². The van der Waals surface area contributed by atoms with Gasteiger partial charge >= 0.3 is 0 Å². The summed E-state index contributed by atoms with van der Waals surface area (Å²) in [5.41, 5.74) is 0.983. The van der Waals surface area contributed by atoms with E-state index in [0.29, 0.717) is 0 Å². The molecule has 1 aromatic rings. The third kappa shape index (κ3) is 3.09. The Morgan fingerprint density at radius 2 is 2.12 bits per heavy atom. The van der Waals surface area contributed by atoms with Crippen molar-refractivity contribution in [3.05, 3.63) is 35.9 Å². The molecule has 1 aromatic carbocycles. The van der Waals surface area contributed by atoms with Crippen molar-refractivity contribution in [1.82, 2.24) is 4.90 Å². The molecule has 0 spiro atoms. The van der Waals surface area contributed by atoms with E-state index < -0.39 is 0 Å². The third-order valence-corrected chi connectivity index (χ3v) is 2.93. The number of methoxy groups -OCH3 is 1. The number of carbonyl (C=O) groups excluding carboxylic acids is 1. The predicted molar refractivity (Wildman–Crippen MR) is 67.8 cm³/mol. The van der Waals surface area contributed by atoms with Crippen molar-refractivity contribution in [2.45, 2.75) is 12.8 Å². The Balaban J connectivity index is 2.01. The SMILES string of the molecule is COc1cccc(/C=C/C(=O)N2CCCC2)c1. The summed E-state index contributed by atoms with van der Waals surface area (Å²) in [4.78, 5) is 13.7. The Morgan fingerprint density at radius 3 is 2.82 bits per heavy atom. The van der Waals surface area contributed by atoms with E-state index in [9.17, 15) is 4.79 Å². The van der Waals surface area contributed by atoms with Gasteiger partial charge in [-0.1, -0.05) is 12.1 Å². The summed E-state index contributed by atoms with van der Waals surface area (Å²) in [6.45, 7) is 1.78. The van der Waals surface area contributed by atoms with Crippen molar-refractivity contribution >= 4 is 12.0 Å². The Labute approximate surface area is 102 Å². The molecule has 0 atom stereocenters. The van der Waals surface area contributed by atoms with E-state index in [1.807, 2.05) is 35.2 Å². The lowest BCUT2D eigenvalue weighted by Crippen LogP contribution is -2.25. The fraction of sp³-hybridized carbons (Fsp3) is 0.357. The molecule has 1 fully saturated rings. The lowest BCUT2D eigenvalue weighted by molar-refractivity contribution is -0.124. The molecule has 0 unspecified atom stereocenters. The number of benzene rings is 1. The number of hydrogen-bond donors (Lipinski definition) is 0. The molecule has 0 aliphatic carbocycles. The molecule has 0 radical (unpaired) electrons. The molecule has 3 nitrogen and oxygen atoms in total. The maximum atomic E-state index is 11.8. The number of likely N-dealkylation sites (tertiary alicyclic amines) is 1. The minimum absolute atomic E-state index is 0.102. The van der Waals surface area contributed by atoms with Crippen LogP contribution in [0.15, 0.2) is 30.3 Å². The predicted octanol–water partition coefficient (Wildman–Crippen LogP) is 2.33. The second-order valence-corrected chi connectivity index (χ2v) is 4.14. The molecule has 0 bridgehead atoms. The Bertz CT molecular complexity index is 420. The molecule has 2 rings (SSSR count). The maximum absolute atomic E-state index is 11.8. The number of amides is 1. The minimum atomic E-state index is 0.102. The van der Waals surface area contributed by atoms with Gasteiger partial charge in [-0.05, 0) is 36.6 Å². The summed E-state index contributed by atoms with van der Waals surface area (Å²) in [6, 6.07) is 7.67. The van der Waals surface area contributed by atoms with E-state index in [2.05, 4.69) is 0 Å². The largest absolute Gasteiger partial charge is 0.497 e. The van der Waals surface area contributed by atoms with Gasteiger partial charge < -0.3 is 9.64 Å². The van der Waals surface area contributed by atoms with E-state index in [0.717, 1.165) is 37.2 Å². The summed E-state index contributed by atoms with van der Waals surface area (Å²) in [6.07, 6.45) is 5.72. The van der Waals surface area contributed by atoms with Crippen LogP contribution in [0.3, 0.4) is 0 Å². The number of rotatable bonds is 3. The summed E-state index contributed by atoms with van der Waals surface area (Å²) < 4.78 is 5.13. The highest BCUT2D eigenvalue weighted by Gasteiger charge is 2.14. The number of nitrogens with zero attached hydrogens (tertiary/aromatic N) is 1. The molecule has 1 amide bonds. The van der Waals surface area contributed by atoms with E-state index >= 15 is 0 Å². The summed E-state index contributed by atoms with van der Waals surface area (Å²) in [7, 11) is 1.64. The third-order valence-electron chi connectivity index (χ3n) is 2.93. The van der Waals surface area contributed by atoms with Gasteiger partial charge in [0, 0.05) is 19.2 Å². The van der Waals surface area contributed by atoms with Crippen LogP contribution in [0.2, 0.25) is 0 Å². The number of carbonyl (C=O) groups is 1. The zero-order chi connectivity index (χ0) is 12.1. The average molecular weight is 231 g/mol. The zero-order valence-electron chi connectivity index (χ0n) is 10.1. The lowest BCUT2D eigenvalue weighted by Gasteiger charge is -2.11. The van der Waals surface area contributed by atoms with Gasteiger partial charge in [-0.15, -0.1) is 0 Å². The van der Waals surface area contributed by atoms with Crippen LogP contribution in [0.25, 0.3) is 6.08 Å². The van der Waals surface area contributed by atoms with Gasteiger partial charge in [-0.3, -0.25) is 4.79 Å². The first kappa shape index (κ1) is 11.7. The smallest absolute Gasteiger partial charge is 0.246 e. The van der Waals surface area contributed by atoms with Crippen molar-refractivity contribution in [2.24, 2.45) is 0 Å². The molecular weight excluding hydrogens is 214 g/mol. The van der Waals surface area contributed by atoms with Crippen molar-refractivity contribution in [1.29, 1.82) is 0 Å². The summed E-state index contributed by atoms with van der Waals surface area (Å²) in [5.74, 6) is 0.908. The van der Waals surface area contributed by atoms with Crippen molar-refractivity contribution < 1.29 is 9.53 Å². The van der Waals surface area contributed by atoms with Crippen LogP contribution in [0, 0.1) is 0 Å². The Kier molecular flexibility index (Phi) is 3.81. The van der Waals surface area contributed by atoms with Gasteiger partial charge in [0.25, 0.3) is 0 Å². The molecular formula is C14H17NO2. The highest BCUT2D eigenvalue weighted by Crippen LogP contribution is 2.14. The summed E-state index contributed by atoms with van der Waals surface area (Å²) in [5, 5.41) is 0. The zero-order valence-corrected chi connectivity index (χ0v) is 10.1. The van der Waals surface area contributed by atoms with Gasteiger partial charge in [0.2, 0.25) is 5.91 Å². The lowest BCUT2D eigenvalue weighted by atomic mass is 10.2. The fourth-order valence-electron chi connectivity index (χ4n) is 1.96. The molecule has 0 N–H and O–H groups in total. The number of hydrogen-bond acceptors (Lipinski definition) is 2. The monoisotopic (exact) mass is 231 g/mol. The van der Waals surface area contributed by atoms with Crippen LogP contribution in [0.1, 0.15) is 18.4 Å². The first-order valence-electron chi connectivity index (χ1n) is 5.90. The van der Waals surface area contributed by atoms with Crippen LogP contribution in [-0.4, -0.2) is 31.0 Å². The van der Waals surface area contributed by atoms with Gasteiger partial charge in [0.1, 0.15) is 5.75 Å². The topological polar surface area (TPSA) is 29.5 Å². The van der Waals surface area contributed by atoms with Gasteiger partial charge in [0.15, 0.2) is 0 Å². The standard InChI is InChI=1S/C14H17NO2/c1-17-13-6-4-5-12(11-13)7-8-14(16)15-9-2-3-10-15/h4-8,11H,2-3,9-10H2,1H3/b8-7+. The maximum Gasteiger partial charge on any atom is 0.246 e. The molecule has 1 aliphatic rings. The molecule has 1 saturated heterocycles. The van der Waals surface area contributed by atoms with Crippen LogP contribution >= 0.6 is 0 Å². The molecule has 3 heteroatoms. The van der Waals surface area contributed by atoms with Crippen molar-refractivity contribution in [2.75, 3.05) is 20.2 Å². The van der Waals surface area contributed by atoms with E-state index in [1.165, 1.54) is 0 Å². The van der Waals surface area contributed by atoms with Crippen molar-refractivity contribution in [3.8, 4) is 5.75 Å². The van der Waals surface area contributed by atoms with Gasteiger partial charge in [-0.25, -0.2) is 0 Å². The van der Waals surface area contributed by atoms with E-state index in [-0.39, 0.29) is 5.91 Å². The quantitative estimate of drug-likeness (QED) is 0.747. The minimum Gasteiger partial charge on any atom is -0.497 e. The molecule has 0 saturated carbocycles. The molecule has 1 aliphatic heterocycles. The van der Waals surface area contributed by atoms with E-state index in [1.54, 1.807) is 13.2 Å². The van der Waals surface area contributed by atoms with Crippen molar-refractivity contribution in [3.63, 3.8) is 0 Å². The van der Waals surface area contributed by atoms with Gasteiger partial charge in [0.05, 0.1) is 7.11 Å². The van der Waals surface area contributed by atoms with E-state index in [4.69, 9.17) is 4.74 Å². The number of ether oxygens (including phenoxy) is 1. The average Bonchev–Trinajstić information content (AvgIpc) is 2.90. The Hall–Kier alpha value is -1.77. The molecule has 17 heavy (non-hydrogen) atoms. The fourth-order valence-corrected chi connectivity index (χ4v) is 1.96. The summed E-state index contributed by atoms with van der Waals surface area (Å²) >= 11 is 0. The molecule has 1 heterocycles. The van der Waals surface area contributed by atoms with Gasteiger partial charge in [-0.2, -0.15) is 0 Å². The highest BCUT2D eigenvalue weighted by molar-refractivity contribution is 5.91. The molecule has 0 aromatic heterocycles. The normalized spacial score (nSPS) is 15.5.